The van der Waals surface area contributed by atoms with Gasteiger partial charge in [-0.05, 0) is 37.9 Å². The molecule has 0 radical (unpaired) electrons. The Balaban J connectivity index is 0.00000144. The van der Waals surface area contributed by atoms with Crippen molar-refractivity contribution in [3.05, 3.63) is 29.4 Å². The fraction of sp³-hybridized carbons (Fsp3) is 0.562. The summed E-state index contributed by atoms with van der Waals surface area (Å²) < 4.78 is 1.87. The molecule has 120 valence electrons. The number of halogens is 1. The van der Waals surface area contributed by atoms with E-state index in [2.05, 4.69) is 33.6 Å². The molecule has 0 bridgehead atoms. The number of nitrogens with zero attached hydrogens (tertiary/aromatic N) is 3. The molecular weight excluding hydrogens is 316 g/mol. The van der Waals surface area contributed by atoms with Crippen molar-refractivity contribution in [2.24, 2.45) is 7.05 Å². The second-order valence-electron chi connectivity index (χ2n) is 6.22. The Bertz CT molecular complexity index is 613. The van der Waals surface area contributed by atoms with Gasteiger partial charge in [0.05, 0.1) is 6.20 Å². The molecule has 2 aromatic rings. The molecule has 1 saturated heterocycles. The van der Waals surface area contributed by atoms with E-state index in [0.717, 1.165) is 25.2 Å². The summed E-state index contributed by atoms with van der Waals surface area (Å²) >= 11 is 1.92. The van der Waals surface area contributed by atoms with Crippen molar-refractivity contribution in [1.82, 2.24) is 20.0 Å². The maximum atomic E-state index is 4.27. The van der Waals surface area contributed by atoms with Crippen molar-refractivity contribution in [2.45, 2.75) is 37.9 Å². The van der Waals surface area contributed by atoms with E-state index in [1.807, 2.05) is 29.3 Å². The number of aromatic nitrogens is 2. The van der Waals surface area contributed by atoms with E-state index in [1.165, 1.54) is 41.1 Å². The summed E-state index contributed by atoms with van der Waals surface area (Å²) in [6.07, 6.45) is 8.12. The first kappa shape index (κ1) is 16.0. The van der Waals surface area contributed by atoms with Gasteiger partial charge in [-0.15, -0.1) is 23.7 Å². The molecule has 1 aliphatic heterocycles. The smallest absolute Gasteiger partial charge is 0.0576 e. The lowest BCUT2D eigenvalue weighted by molar-refractivity contribution is 0.190. The van der Waals surface area contributed by atoms with E-state index in [-0.39, 0.29) is 12.4 Å². The van der Waals surface area contributed by atoms with Crippen LogP contribution in [0, 0.1) is 0 Å². The molecule has 4 rings (SSSR count). The molecule has 1 atom stereocenters. The Kier molecular flexibility index (Phi) is 4.88. The van der Waals surface area contributed by atoms with Gasteiger partial charge in [-0.3, -0.25) is 9.58 Å². The van der Waals surface area contributed by atoms with Gasteiger partial charge >= 0.3 is 0 Å². The summed E-state index contributed by atoms with van der Waals surface area (Å²) in [4.78, 5) is 5.55. The lowest BCUT2D eigenvalue weighted by Gasteiger charge is -2.27. The number of aryl methyl sites for hydroxylation is 1. The first-order valence-electron chi connectivity index (χ1n) is 7.84. The van der Waals surface area contributed by atoms with Crippen LogP contribution in [0.25, 0.3) is 10.4 Å². The van der Waals surface area contributed by atoms with E-state index in [9.17, 15) is 0 Å². The number of hydrogen-bond acceptors (Lipinski definition) is 4. The zero-order valence-corrected chi connectivity index (χ0v) is 14.5. The molecule has 2 aromatic heterocycles. The van der Waals surface area contributed by atoms with Gasteiger partial charge in [-0.25, -0.2) is 0 Å². The van der Waals surface area contributed by atoms with Gasteiger partial charge in [-0.2, -0.15) is 5.10 Å². The molecule has 1 aliphatic carbocycles. The Morgan fingerprint density at radius 3 is 2.82 bits per heavy atom. The molecule has 6 heteroatoms. The minimum atomic E-state index is 0. The van der Waals surface area contributed by atoms with Gasteiger partial charge in [0.15, 0.2) is 0 Å². The van der Waals surface area contributed by atoms with Gasteiger partial charge in [0.25, 0.3) is 0 Å². The lowest BCUT2D eigenvalue weighted by Crippen LogP contribution is -2.37. The predicted molar refractivity (Wildman–Crippen MR) is 93.6 cm³/mol. The first-order valence-corrected chi connectivity index (χ1v) is 8.65. The third kappa shape index (κ3) is 3.38. The Labute approximate surface area is 141 Å². The molecule has 2 fully saturated rings. The summed E-state index contributed by atoms with van der Waals surface area (Å²) in [7, 11) is 1.97. The maximum Gasteiger partial charge on any atom is 0.0576 e. The van der Waals surface area contributed by atoms with Crippen molar-refractivity contribution in [1.29, 1.82) is 0 Å². The molecule has 22 heavy (non-hydrogen) atoms. The molecule has 0 aromatic carbocycles. The highest BCUT2D eigenvalue weighted by molar-refractivity contribution is 7.15. The van der Waals surface area contributed by atoms with Crippen molar-refractivity contribution in [2.75, 3.05) is 13.1 Å². The topological polar surface area (TPSA) is 33.1 Å². The van der Waals surface area contributed by atoms with Crippen LogP contribution in [-0.4, -0.2) is 39.9 Å². The maximum absolute atomic E-state index is 4.27. The second-order valence-corrected chi connectivity index (χ2v) is 7.39. The molecular formula is C16H23ClN4S. The number of nitrogens with one attached hydrogen (secondary N) is 1. The van der Waals surface area contributed by atoms with Crippen LogP contribution in [0.4, 0.5) is 0 Å². The fourth-order valence-corrected chi connectivity index (χ4v) is 4.22. The Morgan fingerprint density at radius 2 is 2.18 bits per heavy atom. The molecule has 2 aliphatic rings. The number of thiophene rings is 1. The Hall–Kier alpha value is -0.880. The number of hydrogen-bond donors (Lipinski definition) is 1. The predicted octanol–water partition coefficient (Wildman–Crippen LogP) is 2.90. The van der Waals surface area contributed by atoms with Crippen LogP contribution in [0.2, 0.25) is 0 Å². The van der Waals surface area contributed by atoms with E-state index in [4.69, 9.17) is 0 Å². The highest BCUT2D eigenvalue weighted by Crippen LogP contribution is 2.34. The summed E-state index contributed by atoms with van der Waals surface area (Å²) in [5.74, 6) is 0. The SMILES string of the molecule is Cl.Cn1cc(-c2ccc(CN(C3CC3)C3CCNC3)s2)cn1. The highest BCUT2D eigenvalue weighted by atomic mass is 35.5. The van der Waals surface area contributed by atoms with E-state index in [1.54, 1.807) is 0 Å². The van der Waals surface area contributed by atoms with Crippen LogP contribution < -0.4 is 5.32 Å². The van der Waals surface area contributed by atoms with Gasteiger partial charge < -0.3 is 5.32 Å². The lowest BCUT2D eigenvalue weighted by atomic mass is 10.2. The van der Waals surface area contributed by atoms with Crippen LogP contribution in [0.5, 0.6) is 0 Å². The van der Waals surface area contributed by atoms with Crippen molar-refractivity contribution >= 4 is 23.7 Å². The molecule has 1 saturated carbocycles. The van der Waals surface area contributed by atoms with Crippen molar-refractivity contribution in [3.8, 4) is 10.4 Å². The summed E-state index contributed by atoms with van der Waals surface area (Å²) in [5.41, 5.74) is 1.23. The molecule has 1 unspecified atom stereocenters. The van der Waals surface area contributed by atoms with Gasteiger partial charge in [0.2, 0.25) is 0 Å². The zero-order chi connectivity index (χ0) is 14.2. The molecule has 4 nitrogen and oxygen atoms in total. The summed E-state index contributed by atoms with van der Waals surface area (Å²) in [6.45, 7) is 3.46. The highest BCUT2D eigenvalue weighted by Gasteiger charge is 2.35. The average Bonchev–Trinajstić information content (AvgIpc) is 2.92. The second kappa shape index (κ2) is 6.71. The third-order valence-corrected chi connectivity index (χ3v) is 5.63. The normalized spacial score (nSPS) is 21.3. The van der Waals surface area contributed by atoms with E-state index >= 15 is 0 Å². The van der Waals surface area contributed by atoms with Crippen LogP contribution in [-0.2, 0) is 13.6 Å². The van der Waals surface area contributed by atoms with E-state index in [0.29, 0.717) is 0 Å². The zero-order valence-electron chi connectivity index (χ0n) is 12.9. The average molecular weight is 339 g/mol. The van der Waals surface area contributed by atoms with Crippen molar-refractivity contribution in [3.63, 3.8) is 0 Å². The minimum Gasteiger partial charge on any atom is -0.315 e. The summed E-state index contributed by atoms with van der Waals surface area (Å²) in [6, 6.07) is 6.11. The molecule has 3 heterocycles. The molecule has 0 amide bonds. The van der Waals surface area contributed by atoms with Gasteiger partial charge in [0, 0.05) is 53.7 Å². The fourth-order valence-electron chi connectivity index (χ4n) is 3.23. The largest absolute Gasteiger partial charge is 0.315 e. The minimum absolute atomic E-state index is 0. The van der Waals surface area contributed by atoms with E-state index < -0.39 is 0 Å². The quantitative estimate of drug-likeness (QED) is 0.910. The van der Waals surface area contributed by atoms with Crippen LogP contribution in [0.3, 0.4) is 0 Å². The standard InChI is InChI=1S/C16H22N4S.ClH/c1-19-10-12(8-18-19)16-5-4-15(21-16)11-20(13-2-3-13)14-6-7-17-9-14;/h4-5,8,10,13-14,17H,2-3,6-7,9,11H2,1H3;1H. The Morgan fingerprint density at radius 1 is 1.32 bits per heavy atom. The van der Waals surface area contributed by atoms with Crippen LogP contribution in [0.15, 0.2) is 24.5 Å². The van der Waals surface area contributed by atoms with Crippen LogP contribution in [0.1, 0.15) is 24.1 Å². The first-order chi connectivity index (χ1) is 10.3. The summed E-state index contributed by atoms with van der Waals surface area (Å²) in [5, 5.41) is 7.77. The number of rotatable bonds is 5. The molecule has 1 N–H and O–H groups in total. The monoisotopic (exact) mass is 338 g/mol. The third-order valence-electron chi connectivity index (χ3n) is 4.51. The van der Waals surface area contributed by atoms with Crippen molar-refractivity contribution < 1.29 is 0 Å². The molecule has 0 spiro atoms. The van der Waals surface area contributed by atoms with Crippen LogP contribution >= 0.6 is 23.7 Å². The van der Waals surface area contributed by atoms with Gasteiger partial charge in [0.1, 0.15) is 0 Å². The van der Waals surface area contributed by atoms with Gasteiger partial charge in [-0.1, -0.05) is 0 Å².